The topological polar surface area (TPSA) is 94.0 Å². The molecule has 0 spiro atoms. The molecule has 6 aliphatic rings. The lowest BCUT2D eigenvalue weighted by molar-refractivity contribution is -0.137. The first-order valence-corrected chi connectivity index (χ1v) is 18.2. The number of carbonyl (C=O) groups is 3. The van der Waals surface area contributed by atoms with E-state index in [1.165, 1.54) is 0 Å². The fourth-order valence-electron chi connectivity index (χ4n) is 11.2. The van der Waals surface area contributed by atoms with E-state index in [1.54, 1.807) is 11.0 Å². The Morgan fingerprint density at radius 1 is 0.938 bits per heavy atom. The molecule has 4 aliphatic carbocycles. The summed E-state index contributed by atoms with van der Waals surface area (Å²) in [4.78, 5) is 51.5. The van der Waals surface area contributed by atoms with E-state index in [0.29, 0.717) is 81.4 Å². The van der Waals surface area contributed by atoms with Gasteiger partial charge >= 0.3 is 0 Å². The van der Waals surface area contributed by atoms with Crippen LogP contribution in [-0.4, -0.2) is 86.8 Å². The maximum absolute atomic E-state index is 13.9. The van der Waals surface area contributed by atoms with Gasteiger partial charge in [0.1, 0.15) is 17.3 Å². The second kappa shape index (κ2) is 11.4. The van der Waals surface area contributed by atoms with Crippen molar-refractivity contribution < 1.29 is 19.5 Å². The number of likely N-dealkylation sites (tertiary alicyclic amines) is 1. The normalized spacial score (nSPS) is 37.8. The zero-order valence-electron chi connectivity index (χ0n) is 28.4. The average Bonchev–Trinajstić information content (AvgIpc) is 3.70. The third-order valence-corrected chi connectivity index (χ3v) is 14.1. The molecule has 8 atom stereocenters. The molecule has 0 radical (unpaired) electrons. The van der Waals surface area contributed by atoms with Gasteiger partial charge in [-0.05, 0) is 92.6 Å². The zero-order chi connectivity index (χ0) is 33.4. The van der Waals surface area contributed by atoms with Crippen LogP contribution in [0.15, 0.2) is 48.2 Å². The highest BCUT2D eigenvalue weighted by Crippen LogP contribution is 2.67. The van der Waals surface area contributed by atoms with Crippen molar-refractivity contribution in [1.82, 2.24) is 19.7 Å². The van der Waals surface area contributed by atoms with E-state index in [-0.39, 0.29) is 28.4 Å². The molecule has 252 valence electrons. The molecule has 8 rings (SSSR count). The van der Waals surface area contributed by atoms with Crippen LogP contribution in [0.3, 0.4) is 0 Å². The number of pyridine rings is 1. The molecule has 1 N–H and O–H groups in total. The van der Waals surface area contributed by atoms with Gasteiger partial charge in [-0.15, -0.1) is 6.42 Å². The Kier molecular flexibility index (Phi) is 7.52. The van der Waals surface area contributed by atoms with Crippen molar-refractivity contribution in [1.29, 1.82) is 0 Å². The fourth-order valence-corrected chi connectivity index (χ4v) is 11.2. The van der Waals surface area contributed by atoms with Crippen LogP contribution in [0.4, 0.5) is 0 Å². The summed E-state index contributed by atoms with van der Waals surface area (Å²) in [6, 6.07) is 10.9. The number of ketones is 1. The van der Waals surface area contributed by atoms with Crippen LogP contribution in [0.1, 0.15) is 82.1 Å². The summed E-state index contributed by atoms with van der Waals surface area (Å²) < 4.78 is 0. The maximum atomic E-state index is 13.9. The van der Waals surface area contributed by atoms with Gasteiger partial charge in [0.15, 0.2) is 5.78 Å². The monoisotopic (exact) mass is 648 g/mol. The lowest BCUT2D eigenvalue weighted by Crippen LogP contribution is -2.57. The second-order valence-corrected chi connectivity index (χ2v) is 16.0. The number of nitrogens with zero attached hydrogens (tertiary/aromatic N) is 4. The molecule has 5 fully saturated rings. The molecule has 48 heavy (non-hydrogen) atoms. The van der Waals surface area contributed by atoms with Crippen LogP contribution in [0.2, 0.25) is 0 Å². The van der Waals surface area contributed by atoms with Gasteiger partial charge in [-0.3, -0.25) is 14.4 Å². The Morgan fingerprint density at radius 3 is 2.50 bits per heavy atom. The van der Waals surface area contributed by atoms with Gasteiger partial charge in [0.2, 0.25) is 5.91 Å². The van der Waals surface area contributed by atoms with Crippen LogP contribution in [0.25, 0.3) is 10.9 Å². The van der Waals surface area contributed by atoms with Crippen molar-refractivity contribution in [3.63, 3.8) is 0 Å². The number of allylic oxidation sites excluding steroid dienone is 2. The number of aromatic nitrogens is 1. The molecule has 3 heterocycles. The average molecular weight is 649 g/mol. The molecule has 0 unspecified atom stereocenters. The van der Waals surface area contributed by atoms with Crippen LogP contribution in [-0.2, 0) is 9.59 Å². The molecule has 8 heteroatoms. The highest BCUT2D eigenvalue weighted by atomic mass is 16.3. The van der Waals surface area contributed by atoms with E-state index in [9.17, 15) is 19.5 Å². The first-order chi connectivity index (χ1) is 23.1. The SMILES string of the molecule is C#C[C@@]1(O)CC[C@H]2[C@@H]3CC[C@H]4CC(=O)C(N5CCN(C(=O)[C@@H]6CCCN6C(=O)c6ccc7ccccc7n6)CC5)=C[C@]4(C)[C@H]3CC[C@@]21C. The summed E-state index contributed by atoms with van der Waals surface area (Å²) in [5, 5.41) is 12.4. The molecule has 1 aromatic heterocycles. The van der Waals surface area contributed by atoms with E-state index >= 15 is 0 Å². The van der Waals surface area contributed by atoms with Gasteiger partial charge in [0, 0.05) is 49.9 Å². The summed E-state index contributed by atoms with van der Waals surface area (Å²) in [7, 11) is 0. The van der Waals surface area contributed by atoms with Gasteiger partial charge in [0.25, 0.3) is 5.91 Å². The first kappa shape index (κ1) is 31.6. The zero-order valence-corrected chi connectivity index (χ0v) is 28.4. The van der Waals surface area contributed by atoms with Gasteiger partial charge in [-0.25, -0.2) is 4.98 Å². The Labute approximate surface area is 283 Å². The number of hydrogen-bond donors (Lipinski definition) is 1. The van der Waals surface area contributed by atoms with E-state index in [2.05, 4.69) is 35.7 Å². The number of benzene rings is 1. The molecular formula is C40H48N4O4. The van der Waals surface area contributed by atoms with Crippen molar-refractivity contribution in [3.8, 4) is 12.3 Å². The molecular weight excluding hydrogens is 600 g/mol. The van der Waals surface area contributed by atoms with Crippen LogP contribution < -0.4 is 0 Å². The molecule has 8 nitrogen and oxygen atoms in total. The standard InChI is InChI=1S/C40H48N4O4/c1-4-40(48)18-16-30-28-13-12-27-24-35(45)34(25-38(27,2)29(28)15-17-39(30,40)3)42-20-22-43(23-21-42)37(47)33-10-7-19-44(33)36(46)32-14-11-26-8-5-6-9-31(26)41-32/h1,5-6,8-9,11,14,25,27-30,33,48H,7,10,12-13,15-24H2,2-3H3/t27-,28+,29-,30-,33-,38-,39-,40+/m0/s1. The lowest BCUT2D eigenvalue weighted by Gasteiger charge is -2.60. The first-order valence-electron chi connectivity index (χ1n) is 18.2. The number of piperazine rings is 1. The van der Waals surface area contributed by atoms with Gasteiger partial charge in [-0.2, -0.15) is 0 Å². The molecule has 0 bridgehead atoms. The number of carbonyl (C=O) groups excluding carboxylic acids is 3. The summed E-state index contributed by atoms with van der Waals surface area (Å²) >= 11 is 0. The number of hydrogen-bond acceptors (Lipinski definition) is 6. The largest absolute Gasteiger partial charge is 0.377 e. The van der Waals surface area contributed by atoms with Crippen molar-refractivity contribution in [2.75, 3.05) is 32.7 Å². The van der Waals surface area contributed by atoms with Crippen molar-refractivity contribution in [3.05, 3.63) is 53.9 Å². The van der Waals surface area contributed by atoms with Gasteiger partial charge < -0.3 is 19.8 Å². The highest BCUT2D eigenvalue weighted by molar-refractivity contribution is 5.98. The smallest absolute Gasteiger partial charge is 0.273 e. The van der Waals surface area contributed by atoms with Crippen molar-refractivity contribution in [2.24, 2.45) is 34.5 Å². The number of para-hydroxylation sites is 1. The Balaban J connectivity index is 0.957. The van der Waals surface area contributed by atoms with E-state index in [1.807, 2.05) is 35.2 Å². The summed E-state index contributed by atoms with van der Waals surface area (Å²) in [6.45, 7) is 7.46. The number of amides is 2. The Morgan fingerprint density at radius 2 is 1.71 bits per heavy atom. The number of aliphatic hydroxyl groups is 1. The van der Waals surface area contributed by atoms with Gasteiger partial charge in [0.05, 0.1) is 11.2 Å². The number of fused-ring (bicyclic) bond motifs is 6. The lowest BCUT2D eigenvalue weighted by atomic mass is 9.45. The summed E-state index contributed by atoms with van der Waals surface area (Å²) in [5.74, 6) is 4.58. The third-order valence-electron chi connectivity index (χ3n) is 14.1. The van der Waals surface area contributed by atoms with Crippen LogP contribution in [0, 0.1) is 46.8 Å². The predicted molar refractivity (Wildman–Crippen MR) is 183 cm³/mol. The molecule has 1 aromatic carbocycles. The minimum Gasteiger partial charge on any atom is -0.377 e. The number of rotatable bonds is 3. The van der Waals surface area contributed by atoms with E-state index in [0.717, 1.165) is 55.1 Å². The van der Waals surface area contributed by atoms with Crippen molar-refractivity contribution >= 4 is 28.5 Å². The molecule has 3 saturated carbocycles. The highest BCUT2D eigenvalue weighted by Gasteiger charge is 2.64. The minimum atomic E-state index is -1.02. The Hall–Kier alpha value is -3.70. The second-order valence-electron chi connectivity index (χ2n) is 16.0. The molecule has 2 aliphatic heterocycles. The minimum absolute atomic E-state index is 0.00105. The van der Waals surface area contributed by atoms with E-state index < -0.39 is 11.6 Å². The molecule has 2 saturated heterocycles. The predicted octanol–water partition coefficient (Wildman–Crippen LogP) is 5.06. The van der Waals surface area contributed by atoms with Gasteiger partial charge in [-0.1, -0.05) is 50.1 Å². The maximum Gasteiger partial charge on any atom is 0.273 e. The quantitative estimate of drug-likeness (QED) is 0.468. The van der Waals surface area contributed by atoms with Crippen LogP contribution in [0.5, 0.6) is 0 Å². The Bertz CT molecular complexity index is 1740. The number of Topliss-reactive ketones (excluding diaryl/α,β-unsaturated/α-hetero) is 1. The number of terminal acetylenes is 1. The van der Waals surface area contributed by atoms with Crippen molar-refractivity contribution in [2.45, 2.75) is 83.3 Å². The summed E-state index contributed by atoms with van der Waals surface area (Å²) in [5.41, 5.74) is 0.656. The van der Waals surface area contributed by atoms with E-state index in [4.69, 9.17) is 6.42 Å². The molecule has 2 aromatic rings. The van der Waals surface area contributed by atoms with Crippen LogP contribution >= 0.6 is 0 Å². The molecule has 2 amide bonds. The fraction of sp³-hybridized carbons (Fsp3) is 0.600. The summed E-state index contributed by atoms with van der Waals surface area (Å²) in [6.07, 6.45) is 16.0. The third kappa shape index (κ3) is 4.67.